The maximum Gasteiger partial charge on any atom is 0.251 e. The summed E-state index contributed by atoms with van der Waals surface area (Å²) in [6.07, 6.45) is 0. The highest BCUT2D eigenvalue weighted by atomic mass is 127. The van der Waals surface area contributed by atoms with Gasteiger partial charge in [-0.3, -0.25) is 9.79 Å². The number of nitrogens with one attached hydrogen (secondary N) is 3. The monoisotopic (exact) mass is 570 g/mol. The van der Waals surface area contributed by atoms with Gasteiger partial charge in [0.15, 0.2) is 17.5 Å². The molecule has 0 aliphatic rings. The van der Waals surface area contributed by atoms with Gasteiger partial charge < -0.3 is 30.2 Å². The number of nitrogens with zero attached hydrogens (tertiary/aromatic N) is 1. The van der Waals surface area contributed by atoms with Crippen molar-refractivity contribution in [1.82, 2.24) is 16.0 Å². The average Bonchev–Trinajstić information content (AvgIpc) is 2.82. The second kappa shape index (κ2) is 15.2. The Kier molecular flexibility index (Phi) is 13.1. The largest absolute Gasteiger partial charge is 0.497 e. The number of carbonyl (C=O) groups is 1. The molecule has 0 radical (unpaired) electrons. The van der Waals surface area contributed by atoms with E-state index in [1.807, 2.05) is 39.0 Å². The van der Waals surface area contributed by atoms with E-state index < -0.39 is 0 Å². The van der Waals surface area contributed by atoms with Crippen molar-refractivity contribution in [3.05, 3.63) is 53.6 Å². The first-order chi connectivity index (χ1) is 15.5. The summed E-state index contributed by atoms with van der Waals surface area (Å²) in [6, 6.07) is 12.9. The van der Waals surface area contributed by atoms with Crippen molar-refractivity contribution >= 4 is 35.8 Å². The van der Waals surface area contributed by atoms with Crippen molar-refractivity contribution in [2.24, 2.45) is 4.99 Å². The van der Waals surface area contributed by atoms with E-state index in [0.717, 1.165) is 17.1 Å². The van der Waals surface area contributed by atoms with Gasteiger partial charge in [0.05, 0.1) is 26.4 Å². The minimum atomic E-state index is -0.153. The summed E-state index contributed by atoms with van der Waals surface area (Å²) in [5, 5.41) is 9.45. The lowest BCUT2D eigenvalue weighted by Crippen LogP contribution is -2.42. The second-order valence-electron chi connectivity index (χ2n) is 6.93. The zero-order valence-corrected chi connectivity index (χ0v) is 22.3. The molecule has 0 aliphatic heterocycles. The van der Waals surface area contributed by atoms with Gasteiger partial charge in [-0.1, -0.05) is 12.1 Å². The highest BCUT2D eigenvalue weighted by molar-refractivity contribution is 14.0. The maximum atomic E-state index is 12.3. The summed E-state index contributed by atoms with van der Waals surface area (Å²) >= 11 is 0. The third-order valence-electron chi connectivity index (χ3n) is 4.68. The minimum Gasteiger partial charge on any atom is -0.497 e. The predicted molar refractivity (Wildman–Crippen MR) is 142 cm³/mol. The van der Waals surface area contributed by atoms with Gasteiger partial charge in [-0.2, -0.15) is 0 Å². The van der Waals surface area contributed by atoms with Gasteiger partial charge >= 0.3 is 0 Å². The number of ether oxygens (including phenoxy) is 3. The first kappa shape index (κ1) is 28.3. The topological polar surface area (TPSA) is 93.2 Å². The molecule has 0 aliphatic carbocycles. The van der Waals surface area contributed by atoms with Crippen molar-refractivity contribution in [1.29, 1.82) is 0 Å². The minimum absolute atomic E-state index is 0. The number of carbonyl (C=O) groups excluding carboxylic acids is 1. The summed E-state index contributed by atoms with van der Waals surface area (Å²) in [6.45, 7) is 8.06. The zero-order chi connectivity index (χ0) is 23.3. The van der Waals surface area contributed by atoms with E-state index in [9.17, 15) is 4.79 Å². The molecule has 0 spiro atoms. The molecule has 0 saturated carbocycles. The molecular formula is C24H35IN4O4. The molecule has 1 unspecified atom stereocenters. The molecular weight excluding hydrogens is 535 g/mol. The van der Waals surface area contributed by atoms with Crippen LogP contribution in [0.25, 0.3) is 0 Å². The highest BCUT2D eigenvalue weighted by Gasteiger charge is 2.12. The van der Waals surface area contributed by atoms with Gasteiger partial charge in [-0.25, -0.2) is 0 Å². The number of methoxy groups -OCH3 is 1. The molecule has 2 aromatic carbocycles. The fraction of sp³-hybridized carbons (Fsp3) is 0.417. The van der Waals surface area contributed by atoms with Crippen molar-refractivity contribution < 1.29 is 19.0 Å². The van der Waals surface area contributed by atoms with Gasteiger partial charge in [0, 0.05) is 25.7 Å². The number of hydrogen-bond acceptors (Lipinski definition) is 5. The van der Waals surface area contributed by atoms with Gasteiger partial charge in [-0.15, -0.1) is 24.0 Å². The Morgan fingerprint density at radius 3 is 2.36 bits per heavy atom. The molecule has 0 fully saturated rings. The van der Waals surface area contributed by atoms with E-state index in [2.05, 4.69) is 20.9 Å². The number of rotatable bonds is 11. The standard InChI is InChI=1S/C24H34N4O4.HI/c1-6-31-21-12-11-18(16-22(21)32-7-2)17(3)28-24(25-4)27-14-13-26-23(29)19-9-8-10-20(15-19)30-5;/h8-12,15-17H,6-7,13-14H2,1-5H3,(H,26,29)(H2,25,27,28);1H. The fourth-order valence-corrected chi connectivity index (χ4v) is 3.04. The summed E-state index contributed by atoms with van der Waals surface area (Å²) in [7, 11) is 3.28. The molecule has 1 amide bonds. The van der Waals surface area contributed by atoms with Gasteiger partial charge in [-0.05, 0) is 56.7 Å². The number of aliphatic imine (C=N–C) groups is 1. The third-order valence-corrected chi connectivity index (χ3v) is 4.68. The molecule has 3 N–H and O–H groups in total. The molecule has 8 nitrogen and oxygen atoms in total. The Morgan fingerprint density at radius 2 is 1.70 bits per heavy atom. The lowest BCUT2D eigenvalue weighted by Gasteiger charge is -2.20. The predicted octanol–water partition coefficient (Wildman–Crippen LogP) is 3.77. The maximum absolute atomic E-state index is 12.3. The summed E-state index contributed by atoms with van der Waals surface area (Å²) in [4.78, 5) is 16.6. The summed E-state index contributed by atoms with van der Waals surface area (Å²) in [5.74, 6) is 2.60. The molecule has 33 heavy (non-hydrogen) atoms. The number of hydrogen-bond donors (Lipinski definition) is 3. The van der Waals surface area contributed by atoms with Crippen molar-refractivity contribution in [3.63, 3.8) is 0 Å². The second-order valence-corrected chi connectivity index (χ2v) is 6.93. The number of guanidine groups is 1. The molecule has 1 atom stereocenters. The first-order valence-corrected chi connectivity index (χ1v) is 10.8. The van der Waals surface area contributed by atoms with Gasteiger partial charge in [0.2, 0.25) is 0 Å². The van der Waals surface area contributed by atoms with E-state index in [1.54, 1.807) is 38.4 Å². The van der Waals surface area contributed by atoms with Crippen LogP contribution >= 0.6 is 24.0 Å². The quantitative estimate of drug-likeness (QED) is 0.165. The third kappa shape index (κ3) is 8.99. The van der Waals surface area contributed by atoms with Crippen molar-refractivity contribution in [2.45, 2.75) is 26.8 Å². The van der Waals surface area contributed by atoms with E-state index >= 15 is 0 Å². The summed E-state index contributed by atoms with van der Waals surface area (Å²) < 4.78 is 16.5. The van der Waals surface area contributed by atoms with E-state index in [1.165, 1.54) is 0 Å². The molecule has 0 aromatic heterocycles. The van der Waals surface area contributed by atoms with E-state index in [4.69, 9.17) is 14.2 Å². The van der Waals surface area contributed by atoms with Crippen LogP contribution in [0.15, 0.2) is 47.5 Å². The molecule has 9 heteroatoms. The van der Waals surface area contributed by atoms with Gasteiger partial charge in [0.1, 0.15) is 5.75 Å². The van der Waals surface area contributed by atoms with Crippen LogP contribution in [0, 0.1) is 0 Å². The van der Waals surface area contributed by atoms with Crippen LogP contribution in [-0.4, -0.2) is 52.3 Å². The first-order valence-electron chi connectivity index (χ1n) is 10.8. The smallest absolute Gasteiger partial charge is 0.251 e. The number of halogens is 1. The van der Waals surface area contributed by atoms with Crippen LogP contribution in [0.5, 0.6) is 17.2 Å². The van der Waals surface area contributed by atoms with Crippen LogP contribution < -0.4 is 30.2 Å². The summed E-state index contributed by atoms with van der Waals surface area (Å²) in [5.41, 5.74) is 1.60. The van der Waals surface area contributed by atoms with Crippen LogP contribution in [0.4, 0.5) is 0 Å². The van der Waals surface area contributed by atoms with Gasteiger partial charge in [0.25, 0.3) is 5.91 Å². The zero-order valence-electron chi connectivity index (χ0n) is 19.9. The lowest BCUT2D eigenvalue weighted by molar-refractivity contribution is 0.0954. The normalized spacial score (nSPS) is 11.6. The molecule has 0 bridgehead atoms. The molecule has 0 heterocycles. The Labute approximate surface area is 213 Å². The van der Waals surface area contributed by atoms with E-state index in [-0.39, 0.29) is 35.9 Å². The SMILES string of the molecule is CCOc1ccc(C(C)NC(=NC)NCCNC(=O)c2cccc(OC)c2)cc1OCC.I. The van der Waals surface area contributed by atoms with Crippen molar-refractivity contribution in [3.8, 4) is 17.2 Å². The Bertz CT molecular complexity index is 908. The van der Waals surface area contributed by atoms with Crippen LogP contribution in [0.3, 0.4) is 0 Å². The number of benzene rings is 2. The number of amides is 1. The van der Waals surface area contributed by atoms with E-state index in [0.29, 0.717) is 43.6 Å². The molecule has 2 aromatic rings. The highest BCUT2D eigenvalue weighted by Crippen LogP contribution is 2.30. The average molecular weight is 570 g/mol. The molecule has 0 saturated heterocycles. The fourth-order valence-electron chi connectivity index (χ4n) is 3.04. The van der Waals surface area contributed by atoms with Crippen molar-refractivity contribution in [2.75, 3.05) is 40.5 Å². The Balaban J connectivity index is 0.00000544. The molecule has 182 valence electrons. The van der Waals surface area contributed by atoms with Crippen LogP contribution in [-0.2, 0) is 0 Å². The van der Waals surface area contributed by atoms with Crippen LogP contribution in [0.2, 0.25) is 0 Å². The molecule has 2 rings (SSSR count). The Morgan fingerprint density at radius 1 is 1.00 bits per heavy atom. The Hall–Kier alpha value is -2.69. The lowest BCUT2D eigenvalue weighted by atomic mass is 10.1. The van der Waals surface area contributed by atoms with Crippen LogP contribution in [0.1, 0.15) is 42.7 Å².